The number of nitrogens with zero attached hydrogens (tertiary/aromatic N) is 1. The van der Waals surface area contributed by atoms with Gasteiger partial charge in [0.15, 0.2) is 0 Å². The maximum Gasteiger partial charge on any atom is 0.335 e. The van der Waals surface area contributed by atoms with Crippen LogP contribution in [0, 0.1) is 13.8 Å². The summed E-state index contributed by atoms with van der Waals surface area (Å²) in [6, 6.07) is 13.6. The van der Waals surface area contributed by atoms with Crippen molar-refractivity contribution >= 4 is 35.6 Å². The van der Waals surface area contributed by atoms with E-state index in [1.54, 1.807) is 42.5 Å². The van der Waals surface area contributed by atoms with E-state index in [0.29, 0.717) is 17.0 Å². The van der Waals surface area contributed by atoms with E-state index in [9.17, 15) is 19.2 Å². The molecule has 1 saturated heterocycles. The molecular formula is C24H18N2O6. The van der Waals surface area contributed by atoms with Gasteiger partial charge in [0.25, 0.3) is 11.8 Å². The first-order valence-corrected chi connectivity index (χ1v) is 9.67. The molecule has 32 heavy (non-hydrogen) atoms. The zero-order valence-corrected chi connectivity index (χ0v) is 17.2. The Hall–Kier alpha value is -4.46. The number of benzene rings is 2. The van der Waals surface area contributed by atoms with Gasteiger partial charge in [-0.2, -0.15) is 0 Å². The second-order valence-electron chi connectivity index (χ2n) is 7.31. The summed E-state index contributed by atoms with van der Waals surface area (Å²) in [7, 11) is 0. The van der Waals surface area contributed by atoms with Crippen molar-refractivity contribution in [2.45, 2.75) is 13.8 Å². The number of imide groups is 2. The minimum atomic E-state index is -1.04. The Morgan fingerprint density at radius 1 is 0.969 bits per heavy atom. The normalized spacial score (nSPS) is 15.2. The van der Waals surface area contributed by atoms with E-state index in [2.05, 4.69) is 5.32 Å². The minimum absolute atomic E-state index is 0.142. The van der Waals surface area contributed by atoms with E-state index in [1.165, 1.54) is 18.2 Å². The first kappa shape index (κ1) is 20.8. The molecule has 2 heterocycles. The number of aromatic carboxylic acids is 1. The maximum atomic E-state index is 13.0. The van der Waals surface area contributed by atoms with Crippen molar-refractivity contribution < 1.29 is 28.7 Å². The molecule has 4 rings (SSSR count). The molecule has 0 spiro atoms. The number of urea groups is 1. The van der Waals surface area contributed by atoms with E-state index in [0.717, 1.165) is 16.0 Å². The summed E-state index contributed by atoms with van der Waals surface area (Å²) in [6.07, 6.45) is 1.27. The van der Waals surface area contributed by atoms with Crippen LogP contribution in [-0.4, -0.2) is 28.9 Å². The molecular weight excluding hydrogens is 412 g/mol. The summed E-state index contributed by atoms with van der Waals surface area (Å²) in [5, 5.41) is 11.2. The van der Waals surface area contributed by atoms with E-state index < -0.39 is 23.8 Å². The van der Waals surface area contributed by atoms with Crippen LogP contribution in [0.3, 0.4) is 0 Å². The molecule has 1 fully saturated rings. The molecule has 0 atom stereocenters. The van der Waals surface area contributed by atoms with Gasteiger partial charge < -0.3 is 9.52 Å². The molecule has 8 heteroatoms. The number of barbiturate groups is 1. The van der Waals surface area contributed by atoms with Crippen LogP contribution < -0.4 is 10.2 Å². The molecule has 8 nitrogen and oxygen atoms in total. The summed E-state index contributed by atoms with van der Waals surface area (Å²) < 4.78 is 5.71. The molecule has 160 valence electrons. The van der Waals surface area contributed by atoms with Crippen LogP contribution >= 0.6 is 0 Å². The molecule has 0 radical (unpaired) electrons. The number of carboxylic acids is 1. The molecule has 1 aromatic heterocycles. The summed E-state index contributed by atoms with van der Waals surface area (Å²) in [4.78, 5) is 49.6. The minimum Gasteiger partial charge on any atom is -0.478 e. The number of anilines is 1. The third-order valence-corrected chi connectivity index (χ3v) is 5.18. The largest absolute Gasteiger partial charge is 0.478 e. The lowest BCUT2D eigenvalue weighted by Gasteiger charge is -2.26. The highest BCUT2D eigenvalue weighted by atomic mass is 16.4. The Balaban J connectivity index is 1.65. The number of aryl methyl sites for hydroxylation is 2. The van der Waals surface area contributed by atoms with Crippen LogP contribution in [0.15, 0.2) is 64.6 Å². The molecule has 4 amide bonds. The fourth-order valence-electron chi connectivity index (χ4n) is 3.26. The number of carbonyl (C=O) groups excluding carboxylic acids is 3. The monoisotopic (exact) mass is 430 g/mol. The Morgan fingerprint density at radius 3 is 2.34 bits per heavy atom. The van der Waals surface area contributed by atoms with Gasteiger partial charge in [0, 0.05) is 5.56 Å². The number of rotatable bonds is 4. The lowest BCUT2D eigenvalue weighted by Crippen LogP contribution is -2.54. The quantitative estimate of drug-likeness (QED) is 0.479. The van der Waals surface area contributed by atoms with Crippen molar-refractivity contribution in [3.63, 3.8) is 0 Å². The smallest absolute Gasteiger partial charge is 0.335 e. The third-order valence-electron chi connectivity index (χ3n) is 5.18. The maximum absolute atomic E-state index is 13.0. The van der Waals surface area contributed by atoms with Crippen molar-refractivity contribution in [3.8, 4) is 11.3 Å². The van der Waals surface area contributed by atoms with E-state index in [1.807, 2.05) is 13.8 Å². The molecule has 3 aromatic rings. The molecule has 1 aliphatic heterocycles. The Labute approximate surface area is 182 Å². The lowest BCUT2D eigenvalue weighted by molar-refractivity contribution is -0.122. The van der Waals surface area contributed by atoms with Crippen LogP contribution in [0.2, 0.25) is 0 Å². The van der Waals surface area contributed by atoms with Crippen molar-refractivity contribution in [1.29, 1.82) is 0 Å². The van der Waals surface area contributed by atoms with E-state index in [4.69, 9.17) is 9.52 Å². The van der Waals surface area contributed by atoms with Crippen LogP contribution in [0.1, 0.15) is 27.2 Å². The van der Waals surface area contributed by atoms with Crippen LogP contribution in [0.5, 0.6) is 0 Å². The molecule has 2 N–H and O–H groups in total. The van der Waals surface area contributed by atoms with Gasteiger partial charge in [0.1, 0.15) is 17.1 Å². The molecule has 2 aromatic carbocycles. The van der Waals surface area contributed by atoms with Gasteiger partial charge in [-0.3, -0.25) is 14.9 Å². The molecule has 0 bridgehead atoms. The van der Waals surface area contributed by atoms with Crippen LogP contribution in [0.25, 0.3) is 17.4 Å². The predicted octanol–water partition coefficient (Wildman–Crippen LogP) is 3.93. The number of furan rings is 1. The SMILES string of the molecule is Cc1ccc(N2C(=O)NC(=O)/C(=C\c3ccc(-c4ccc(C(=O)O)cc4)o3)C2=O)cc1C. The summed E-state index contributed by atoms with van der Waals surface area (Å²) in [5.74, 6) is -1.95. The van der Waals surface area contributed by atoms with E-state index >= 15 is 0 Å². The zero-order chi connectivity index (χ0) is 23.0. The van der Waals surface area contributed by atoms with Gasteiger partial charge in [-0.1, -0.05) is 18.2 Å². The number of amides is 4. The van der Waals surface area contributed by atoms with Crippen molar-refractivity contribution in [2.24, 2.45) is 0 Å². The van der Waals surface area contributed by atoms with Gasteiger partial charge in [-0.05, 0) is 67.4 Å². The number of carbonyl (C=O) groups is 4. The Bertz CT molecular complexity index is 1300. The standard InChI is InChI=1S/C24H18N2O6/c1-13-3-8-17(11-14(13)2)26-22(28)19(21(27)25-24(26)31)12-18-9-10-20(32-18)15-4-6-16(7-5-15)23(29)30/h3-12H,1-2H3,(H,29,30)(H,25,27,31)/b19-12+. The number of carboxylic acid groups (broad SMARTS) is 1. The molecule has 0 saturated carbocycles. The van der Waals surface area contributed by atoms with Gasteiger partial charge in [-0.15, -0.1) is 0 Å². The van der Waals surface area contributed by atoms with Crippen LogP contribution in [0.4, 0.5) is 10.5 Å². The molecule has 0 unspecified atom stereocenters. The predicted molar refractivity (Wildman–Crippen MR) is 116 cm³/mol. The number of hydrogen-bond acceptors (Lipinski definition) is 5. The zero-order valence-electron chi connectivity index (χ0n) is 17.2. The first-order chi connectivity index (χ1) is 15.2. The highest BCUT2D eigenvalue weighted by Crippen LogP contribution is 2.27. The second-order valence-corrected chi connectivity index (χ2v) is 7.31. The Morgan fingerprint density at radius 2 is 1.69 bits per heavy atom. The summed E-state index contributed by atoms with van der Waals surface area (Å²) in [6.45, 7) is 3.77. The topological polar surface area (TPSA) is 117 Å². The van der Waals surface area contributed by atoms with Crippen molar-refractivity contribution in [3.05, 3.63) is 82.6 Å². The third kappa shape index (κ3) is 3.81. The average Bonchev–Trinajstić information content (AvgIpc) is 3.22. The van der Waals surface area contributed by atoms with Gasteiger partial charge >= 0.3 is 12.0 Å². The van der Waals surface area contributed by atoms with Crippen molar-refractivity contribution in [1.82, 2.24) is 5.32 Å². The fraction of sp³-hybridized carbons (Fsp3) is 0.0833. The first-order valence-electron chi connectivity index (χ1n) is 9.67. The summed E-state index contributed by atoms with van der Waals surface area (Å²) >= 11 is 0. The summed E-state index contributed by atoms with van der Waals surface area (Å²) in [5.41, 5.74) is 2.78. The molecule has 1 aliphatic rings. The van der Waals surface area contributed by atoms with Gasteiger partial charge in [0.05, 0.1) is 11.3 Å². The second kappa shape index (κ2) is 7.99. The van der Waals surface area contributed by atoms with Gasteiger partial charge in [0.2, 0.25) is 0 Å². The Kier molecular flexibility index (Phi) is 5.19. The fourth-order valence-corrected chi connectivity index (χ4v) is 3.26. The number of nitrogens with one attached hydrogen (secondary N) is 1. The van der Waals surface area contributed by atoms with Gasteiger partial charge in [-0.25, -0.2) is 14.5 Å². The highest BCUT2D eigenvalue weighted by Gasteiger charge is 2.37. The van der Waals surface area contributed by atoms with E-state index in [-0.39, 0.29) is 16.9 Å². The lowest BCUT2D eigenvalue weighted by atomic mass is 10.1. The average molecular weight is 430 g/mol. The van der Waals surface area contributed by atoms with Crippen molar-refractivity contribution in [2.75, 3.05) is 4.90 Å². The van der Waals surface area contributed by atoms with Crippen LogP contribution in [-0.2, 0) is 9.59 Å². The number of hydrogen-bond donors (Lipinski definition) is 2. The molecule has 0 aliphatic carbocycles. The highest BCUT2D eigenvalue weighted by molar-refractivity contribution is 6.39.